The van der Waals surface area contributed by atoms with Crippen molar-refractivity contribution in [1.82, 2.24) is 4.90 Å². The summed E-state index contributed by atoms with van der Waals surface area (Å²) in [7, 11) is 1.54. The number of carbonyl (C=O) groups is 1. The van der Waals surface area contributed by atoms with Gasteiger partial charge in [0.1, 0.15) is 0 Å². The molecule has 2 heterocycles. The van der Waals surface area contributed by atoms with Crippen LogP contribution in [0.1, 0.15) is 27.7 Å². The van der Waals surface area contributed by atoms with E-state index in [9.17, 15) is 4.79 Å². The van der Waals surface area contributed by atoms with Gasteiger partial charge in [0, 0.05) is 23.5 Å². The Labute approximate surface area is 144 Å². The van der Waals surface area contributed by atoms with E-state index in [0.717, 1.165) is 13.0 Å². The number of nitrogens with zero attached hydrogens (tertiary/aromatic N) is 1. The standard InChI is InChI=1S/C17H18ClNO3S/c1-3-22-16-13(18)8-12(9-14(16)21-2)17(20)19-6-4-15-11(10-19)5-7-23-15/h5,7-9H,3-4,6,10H2,1-2H3. The van der Waals surface area contributed by atoms with Gasteiger partial charge in [-0.05, 0) is 42.5 Å². The number of rotatable bonds is 4. The normalized spacial score (nSPS) is 13.6. The second-order valence-electron chi connectivity index (χ2n) is 5.27. The largest absolute Gasteiger partial charge is 0.493 e. The fourth-order valence-electron chi connectivity index (χ4n) is 2.73. The fraction of sp³-hybridized carbons (Fsp3) is 0.353. The van der Waals surface area contributed by atoms with Crippen LogP contribution in [-0.4, -0.2) is 31.1 Å². The minimum absolute atomic E-state index is 0.0369. The number of hydrogen-bond donors (Lipinski definition) is 0. The van der Waals surface area contributed by atoms with Gasteiger partial charge in [0.2, 0.25) is 0 Å². The van der Waals surface area contributed by atoms with E-state index >= 15 is 0 Å². The van der Waals surface area contributed by atoms with Crippen LogP contribution >= 0.6 is 22.9 Å². The van der Waals surface area contributed by atoms with Crippen molar-refractivity contribution in [1.29, 1.82) is 0 Å². The third-order valence-electron chi connectivity index (χ3n) is 3.86. The lowest BCUT2D eigenvalue weighted by Crippen LogP contribution is -2.35. The van der Waals surface area contributed by atoms with Gasteiger partial charge in [-0.15, -0.1) is 11.3 Å². The molecular weight excluding hydrogens is 334 g/mol. The molecule has 0 fully saturated rings. The molecule has 4 nitrogen and oxygen atoms in total. The van der Waals surface area contributed by atoms with Gasteiger partial charge >= 0.3 is 0 Å². The van der Waals surface area contributed by atoms with Crippen molar-refractivity contribution in [3.63, 3.8) is 0 Å². The van der Waals surface area contributed by atoms with Gasteiger partial charge < -0.3 is 14.4 Å². The SMILES string of the molecule is CCOc1c(Cl)cc(C(=O)N2CCc3sccc3C2)cc1OC. The summed E-state index contributed by atoms with van der Waals surface area (Å²) >= 11 is 8.02. The van der Waals surface area contributed by atoms with Gasteiger partial charge in [-0.25, -0.2) is 0 Å². The number of hydrogen-bond acceptors (Lipinski definition) is 4. The highest BCUT2D eigenvalue weighted by Gasteiger charge is 2.24. The number of benzene rings is 1. The van der Waals surface area contributed by atoms with Crippen LogP contribution in [0.5, 0.6) is 11.5 Å². The zero-order valence-corrected chi connectivity index (χ0v) is 14.7. The quantitative estimate of drug-likeness (QED) is 0.835. The first-order valence-corrected chi connectivity index (χ1v) is 8.74. The molecule has 0 atom stereocenters. The maximum Gasteiger partial charge on any atom is 0.254 e. The molecule has 122 valence electrons. The topological polar surface area (TPSA) is 38.8 Å². The molecule has 0 saturated carbocycles. The Morgan fingerprint density at radius 1 is 1.43 bits per heavy atom. The van der Waals surface area contributed by atoms with Crippen molar-refractivity contribution in [2.45, 2.75) is 19.9 Å². The Morgan fingerprint density at radius 2 is 2.26 bits per heavy atom. The molecule has 1 amide bonds. The summed E-state index contributed by atoms with van der Waals surface area (Å²) in [4.78, 5) is 16.0. The lowest BCUT2D eigenvalue weighted by Gasteiger charge is -2.27. The van der Waals surface area contributed by atoms with E-state index in [0.29, 0.717) is 35.2 Å². The fourth-order valence-corrected chi connectivity index (χ4v) is 3.89. The van der Waals surface area contributed by atoms with Gasteiger partial charge in [-0.2, -0.15) is 0 Å². The molecular formula is C17H18ClNO3S. The van der Waals surface area contributed by atoms with Crippen molar-refractivity contribution < 1.29 is 14.3 Å². The molecule has 1 aliphatic heterocycles. The van der Waals surface area contributed by atoms with Crippen molar-refractivity contribution >= 4 is 28.8 Å². The van der Waals surface area contributed by atoms with Gasteiger partial charge in [-0.1, -0.05) is 11.6 Å². The van der Waals surface area contributed by atoms with Crippen LogP contribution in [0.25, 0.3) is 0 Å². The number of ether oxygens (including phenoxy) is 2. The highest BCUT2D eigenvalue weighted by atomic mass is 35.5. The lowest BCUT2D eigenvalue weighted by atomic mass is 10.1. The molecule has 0 saturated heterocycles. The molecule has 3 rings (SSSR count). The summed E-state index contributed by atoms with van der Waals surface area (Å²) in [5.41, 5.74) is 1.76. The number of amides is 1. The molecule has 1 aliphatic rings. The monoisotopic (exact) mass is 351 g/mol. The van der Waals surface area contributed by atoms with Crippen molar-refractivity contribution in [2.75, 3.05) is 20.3 Å². The maximum atomic E-state index is 12.8. The van der Waals surface area contributed by atoms with Crippen LogP contribution in [0.15, 0.2) is 23.6 Å². The maximum absolute atomic E-state index is 12.8. The molecule has 0 spiro atoms. The lowest BCUT2D eigenvalue weighted by molar-refractivity contribution is 0.0735. The number of carbonyl (C=O) groups excluding carboxylic acids is 1. The van der Waals surface area contributed by atoms with Crippen LogP contribution < -0.4 is 9.47 Å². The second kappa shape index (κ2) is 6.81. The molecule has 0 unspecified atom stereocenters. The van der Waals surface area contributed by atoms with E-state index < -0.39 is 0 Å². The summed E-state index contributed by atoms with van der Waals surface area (Å²) < 4.78 is 10.8. The van der Waals surface area contributed by atoms with Gasteiger partial charge in [-0.3, -0.25) is 4.79 Å². The summed E-state index contributed by atoms with van der Waals surface area (Å²) in [6, 6.07) is 5.44. The third-order valence-corrected chi connectivity index (χ3v) is 5.16. The van der Waals surface area contributed by atoms with E-state index in [4.69, 9.17) is 21.1 Å². The van der Waals surface area contributed by atoms with Gasteiger partial charge in [0.15, 0.2) is 11.5 Å². The molecule has 0 bridgehead atoms. The summed E-state index contributed by atoms with van der Waals surface area (Å²) in [6.07, 6.45) is 0.903. The highest BCUT2D eigenvalue weighted by Crippen LogP contribution is 2.37. The molecule has 0 N–H and O–H groups in total. The minimum Gasteiger partial charge on any atom is -0.493 e. The summed E-state index contributed by atoms with van der Waals surface area (Å²) in [6.45, 7) is 3.72. The van der Waals surface area contributed by atoms with Crippen molar-refractivity contribution in [2.24, 2.45) is 0 Å². The molecule has 6 heteroatoms. The first-order valence-electron chi connectivity index (χ1n) is 7.49. The van der Waals surface area contributed by atoms with E-state index in [2.05, 4.69) is 11.4 Å². The second-order valence-corrected chi connectivity index (χ2v) is 6.68. The van der Waals surface area contributed by atoms with Crippen molar-refractivity contribution in [3.05, 3.63) is 44.6 Å². The molecule has 1 aromatic heterocycles. The van der Waals surface area contributed by atoms with Crippen LogP contribution in [0.4, 0.5) is 0 Å². The Kier molecular flexibility index (Phi) is 4.78. The number of thiophene rings is 1. The van der Waals surface area contributed by atoms with Gasteiger partial charge in [0.05, 0.1) is 18.7 Å². The van der Waals surface area contributed by atoms with E-state index in [-0.39, 0.29) is 5.91 Å². The number of halogens is 1. The Balaban J connectivity index is 1.87. The molecule has 0 aliphatic carbocycles. The predicted molar refractivity (Wildman–Crippen MR) is 91.9 cm³/mol. The van der Waals surface area contributed by atoms with E-state index in [1.54, 1.807) is 30.6 Å². The van der Waals surface area contributed by atoms with Crippen LogP contribution in [-0.2, 0) is 13.0 Å². The Morgan fingerprint density at radius 3 is 3.00 bits per heavy atom. The van der Waals surface area contributed by atoms with Crippen LogP contribution in [0.3, 0.4) is 0 Å². The highest BCUT2D eigenvalue weighted by molar-refractivity contribution is 7.10. The average Bonchev–Trinajstić information content (AvgIpc) is 3.03. The zero-order chi connectivity index (χ0) is 16.4. The van der Waals surface area contributed by atoms with Gasteiger partial charge in [0.25, 0.3) is 5.91 Å². The zero-order valence-electron chi connectivity index (χ0n) is 13.1. The molecule has 2 aromatic rings. The summed E-state index contributed by atoms with van der Waals surface area (Å²) in [5.74, 6) is 0.924. The van der Waals surface area contributed by atoms with Crippen LogP contribution in [0.2, 0.25) is 5.02 Å². The first kappa shape index (κ1) is 16.1. The predicted octanol–water partition coefficient (Wildman–Crippen LogP) is 4.01. The number of fused-ring (bicyclic) bond motifs is 1. The number of methoxy groups -OCH3 is 1. The van der Waals surface area contributed by atoms with E-state index in [1.807, 2.05) is 11.8 Å². The minimum atomic E-state index is -0.0369. The molecule has 0 radical (unpaired) electrons. The average molecular weight is 352 g/mol. The van der Waals surface area contributed by atoms with Crippen LogP contribution in [0, 0.1) is 0 Å². The Hall–Kier alpha value is -1.72. The third kappa shape index (κ3) is 3.16. The Bertz CT molecular complexity index is 729. The molecule has 1 aromatic carbocycles. The van der Waals surface area contributed by atoms with Crippen molar-refractivity contribution in [3.8, 4) is 11.5 Å². The smallest absolute Gasteiger partial charge is 0.254 e. The van der Waals surface area contributed by atoms with E-state index in [1.165, 1.54) is 10.4 Å². The summed E-state index contributed by atoms with van der Waals surface area (Å²) in [5, 5.41) is 2.47. The first-order chi connectivity index (χ1) is 11.1. The molecule has 23 heavy (non-hydrogen) atoms.